The molecule has 2 unspecified atom stereocenters. The Morgan fingerprint density at radius 3 is 2.29 bits per heavy atom. The molecule has 0 heterocycles. The maximum Gasteiger partial charge on any atom is 0.227 e. The number of Topliss-reactive ketones (excluding diaryl/α,β-unsaturated/α-hetero) is 1. The second-order valence-corrected chi connectivity index (χ2v) is 4.10. The molecule has 0 aromatic rings. The van der Waals surface area contributed by atoms with Crippen molar-refractivity contribution in [2.45, 2.75) is 53.0 Å². The molecule has 3 nitrogen and oxygen atoms in total. The Morgan fingerprint density at radius 1 is 1.29 bits per heavy atom. The third-order valence-electron chi connectivity index (χ3n) is 2.27. The summed E-state index contributed by atoms with van der Waals surface area (Å²) in [5.41, 5.74) is 0. The number of carbonyl (C=O) groups excluding carboxylic acids is 2. The number of carbonyl (C=O) groups is 2. The standard InChI is InChI=1S/C11H21NO2/c1-5-8(2)6-9(3)12-11(14)7-10(4)13/h8-9H,5-7H2,1-4H3,(H,12,14). The fraction of sp³-hybridized carbons (Fsp3) is 0.818. The van der Waals surface area contributed by atoms with Gasteiger partial charge in [0.2, 0.25) is 5.91 Å². The summed E-state index contributed by atoms with van der Waals surface area (Å²) in [6.45, 7) is 7.70. The first-order chi connectivity index (χ1) is 6.45. The van der Waals surface area contributed by atoms with Crippen molar-refractivity contribution in [3.8, 4) is 0 Å². The molecule has 1 N–H and O–H groups in total. The summed E-state index contributed by atoms with van der Waals surface area (Å²) in [6, 6.07) is 0.164. The molecule has 0 fully saturated rings. The molecular weight excluding hydrogens is 178 g/mol. The van der Waals surface area contributed by atoms with Gasteiger partial charge in [-0.05, 0) is 26.2 Å². The highest BCUT2D eigenvalue weighted by molar-refractivity contribution is 5.96. The topological polar surface area (TPSA) is 46.2 Å². The van der Waals surface area contributed by atoms with Crippen molar-refractivity contribution < 1.29 is 9.59 Å². The smallest absolute Gasteiger partial charge is 0.227 e. The van der Waals surface area contributed by atoms with E-state index in [-0.39, 0.29) is 24.2 Å². The van der Waals surface area contributed by atoms with E-state index in [9.17, 15) is 9.59 Å². The van der Waals surface area contributed by atoms with Gasteiger partial charge in [-0.1, -0.05) is 20.3 Å². The van der Waals surface area contributed by atoms with E-state index >= 15 is 0 Å². The van der Waals surface area contributed by atoms with Gasteiger partial charge in [-0.25, -0.2) is 0 Å². The van der Waals surface area contributed by atoms with Crippen LogP contribution in [0.4, 0.5) is 0 Å². The zero-order valence-corrected chi connectivity index (χ0v) is 9.59. The molecule has 0 aromatic carbocycles. The van der Waals surface area contributed by atoms with E-state index in [2.05, 4.69) is 19.2 Å². The van der Waals surface area contributed by atoms with Crippen LogP contribution in [0.25, 0.3) is 0 Å². The van der Waals surface area contributed by atoms with Gasteiger partial charge in [0.1, 0.15) is 5.78 Å². The molecule has 0 aliphatic carbocycles. The van der Waals surface area contributed by atoms with Gasteiger partial charge in [0.15, 0.2) is 0 Å². The molecule has 0 spiro atoms. The van der Waals surface area contributed by atoms with Crippen molar-refractivity contribution in [3.63, 3.8) is 0 Å². The number of rotatable bonds is 6. The summed E-state index contributed by atoms with van der Waals surface area (Å²) in [5, 5.41) is 2.82. The van der Waals surface area contributed by atoms with Crippen LogP contribution >= 0.6 is 0 Å². The third kappa shape index (κ3) is 6.63. The molecule has 0 rings (SSSR count). The molecule has 0 saturated carbocycles. The molecule has 14 heavy (non-hydrogen) atoms. The first kappa shape index (κ1) is 13.1. The van der Waals surface area contributed by atoms with Crippen LogP contribution in [0.3, 0.4) is 0 Å². The summed E-state index contributed by atoms with van der Waals surface area (Å²) in [5.74, 6) is 0.370. The number of ketones is 1. The summed E-state index contributed by atoms with van der Waals surface area (Å²) in [7, 11) is 0. The molecule has 1 amide bonds. The highest BCUT2D eigenvalue weighted by Crippen LogP contribution is 2.09. The molecule has 0 radical (unpaired) electrons. The second-order valence-electron chi connectivity index (χ2n) is 4.10. The Hall–Kier alpha value is -0.860. The molecule has 0 aliphatic rings. The molecule has 2 atom stereocenters. The van der Waals surface area contributed by atoms with E-state index in [1.54, 1.807) is 0 Å². The zero-order chi connectivity index (χ0) is 11.1. The van der Waals surface area contributed by atoms with Gasteiger partial charge >= 0.3 is 0 Å². The number of nitrogens with one attached hydrogen (secondary N) is 1. The second kappa shape index (κ2) is 6.57. The van der Waals surface area contributed by atoms with Crippen LogP contribution in [0.2, 0.25) is 0 Å². The van der Waals surface area contributed by atoms with Gasteiger partial charge in [-0.3, -0.25) is 9.59 Å². The summed E-state index contributed by atoms with van der Waals surface area (Å²) in [4.78, 5) is 21.9. The normalized spacial score (nSPS) is 14.6. The van der Waals surface area contributed by atoms with Gasteiger partial charge in [0.05, 0.1) is 6.42 Å². The number of amides is 1. The van der Waals surface area contributed by atoms with E-state index in [1.807, 2.05) is 6.92 Å². The minimum absolute atomic E-state index is 0.00481. The van der Waals surface area contributed by atoms with Crippen LogP contribution in [0, 0.1) is 5.92 Å². The van der Waals surface area contributed by atoms with Gasteiger partial charge in [-0.2, -0.15) is 0 Å². The fourth-order valence-corrected chi connectivity index (χ4v) is 1.38. The lowest BCUT2D eigenvalue weighted by Gasteiger charge is -2.17. The highest BCUT2D eigenvalue weighted by atomic mass is 16.2. The van der Waals surface area contributed by atoms with Crippen LogP contribution in [-0.2, 0) is 9.59 Å². The molecule has 0 aromatic heterocycles. The maximum atomic E-state index is 11.2. The molecule has 0 bridgehead atoms. The summed E-state index contributed by atoms with van der Waals surface area (Å²) >= 11 is 0. The van der Waals surface area contributed by atoms with Gasteiger partial charge in [-0.15, -0.1) is 0 Å². The van der Waals surface area contributed by atoms with Crippen molar-refractivity contribution in [1.82, 2.24) is 5.32 Å². The highest BCUT2D eigenvalue weighted by Gasteiger charge is 2.11. The van der Waals surface area contributed by atoms with Crippen molar-refractivity contribution in [1.29, 1.82) is 0 Å². The predicted molar refractivity (Wildman–Crippen MR) is 57.0 cm³/mol. The van der Waals surface area contributed by atoms with Crippen LogP contribution in [0.5, 0.6) is 0 Å². The van der Waals surface area contributed by atoms with E-state index in [4.69, 9.17) is 0 Å². The van der Waals surface area contributed by atoms with Crippen LogP contribution in [-0.4, -0.2) is 17.7 Å². The SMILES string of the molecule is CCC(C)CC(C)NC(=O)CC(C)=O. The lowest BCUT2D eigenvalue weighted by atomic mass is 10.0. The summed E-state index contributed by atoms with van der Waals surface area (Å²) in [6.07, 6.45) is 2.10. The third-order valence-corrected chi connectivity index (χ3v) is 2.27. The minimum atomic E-state index is -0.159. The summed E-state index contributed by atoms with van der Waals surface area (Å²) < 4.78 is 0. The Bertz CT molecular complexity index is 201. The fourth-order valence-electron chi connectivity index (χ4n) is 1.38. The molecule has 0 saturated heterocycles. The molecular formula is C11H21NO2. The predicted octanol–water partition coefficient (Wildman–Crippen LogP) is 1.91. The van der Waals surface area contributed by atoms with Crippen LogP contribution in [0.15, 0.2) is 0 Å². The molecule has 0 aliphatic heterocycles. The zero-order valence-electron chi connectivity index (χ0n) is 9.59. The molecule has 82 valence electrons. The monoisotopic (exact) mass is 199 g/mol. The maximum absolute atomic E-state index is 11.2. The van der Waals surface area contributed by atoms with Crippen LogP contribution < -0.4 is 5.32 Å². The first-order valence-electron chi connectivity index (χ1n) is 5.24. The van der Waals surface area contributed by atoms with E-state index in [1.165, 1.54) is 6.92 Å². The van der Waals surface area contributed by atoms with Crippen molar-refractivity contribution in [3.05, 3.63) is 0 Å². The van der Waals surface area contributed by atoms with E-state index in [0.29, 0.717) is 5.92 Å². The van der Waals surface area contributed by atoms with Crippen LogP contribution in [0.1, 0.15) is 47.0 Å². The average Bonchev–Trinajstić information content (AvgIpc) is 2.01. The van der Waals surface area contributed by atoms with Gasteiger partial charge < -0.3 is 5.32 Å². The Morgan fingerprint density at radius 2 is 1.86 bits per heavy atom. The Labute approximate surface area is 86.3 Å². The number of hydrogen-bond acceptors (Lipinski definition) is 2. The van der Waals surface area contributed by atoms with Crippen molar-refractivity contribution >= 4 is 11.7 Å². The van der Waals surface area contributed by atoms with Gasteiger partial charge in [0.25, 0.3) is 0 Å². The number of hydrogen-bond donors (Lipinski definition) is 1. The Balaban J connectivity index is 3.76. The van der Waals surface area contributed by atoms with E-state index in [0.717, 1.165) is 12.8 Å². The average molecular weight is 199 g/mol. The van der Waals surface area contributed by atoms with Crippen molar-refractivity contribution in [2.75, 3.05) is 0 Å². The lowest BCUT2D eigenvalue weighted by molar-refractivity contribution is -0.127. The quantitative estimate of drug-likeness (QED) is 0.664. The largest absolute Gasteiger partial charge is 0.353 e. The minimum Gasteiger partial charge on any atom is -0.353 e. The van der Waals surface area contributed by atoms with Gasteiger partial charge in [0, 0.05) is 6.04 Å². The van der Waals surface area contributed by atoms with E-state index < -0.39 is 0 Å². The lowest BCUT2D eigenvalue weighted by Crippen LogP contribution is -2.34. The van der Waals surface area contributed by atoms with Crippen molar-refractivity contribution in [2.24, 2.45) is 5.92 Å². The first-order valence-corrected chi connectivity index (χ1v) is 5.24. The Kier molecular flexibility index (Phi) is 6.17. The molecule has 3 heteroatoms.